The summed E-state index contributed by atoms with van der Waals surface area (Å²) in [6.07, 6.45) is 1.56. The van der Waals surface area contributed by atoms with Gasteiger partial charge in [-0.2, -0.15) is 10.1 Å². The standard InChI is InChI=1S/C17H11N3O3/c1-10-13(15-14-12(17(22)23-15)8-5-9-18-14)16(21)20(19-10)11-6-3-2-4-7-11/h2-9H,1H3/b15-13+. The van der Waals surface area contributed by atoms with Gasteiger partial charge in [-0.1, -0.05) is 18.2 Å². The highest BCUT2D eigenvalue weighted by Crippen LogP contribution is 2.34. The number of pyridine rings is 1. The van der Waals surface area contributed by atoms with E-state index in [0.29, 0.717) is 22.7 Å². The molecule has 3 heterocycles. The van der Waals surface area contributed by atoms with E-state index in [2.05, 4.69) is 10.1 Å². The predicted molar refractivity (Wildman–Crippen MR) is 83.6 cm³/mol. The molecule has 0 fully saturated rings. The fourth-order valence-corrected chi connectivity index (χ4v) is 2.63. The van der Waals surface area contributed by atoms with E-state index in [-0.39, 0.29) is 17.2 Å². The SMILES string of the molecule is CC1=NN(c2ccccc2)C(=O)/C1=C1/OC(=O)c2cccnc21. The van der Waals surface area contributed by atoms with E-state index in [0.717, 1.165) is 0 Å². The summed E-state index contributed by atoms with van der Waals surface area (Å²) < 4.78 is 5.29. The summed E-state index contributed by atoms with van der Waals surface area (Å²) in [6, 6.07) is 12.4. The van der Waals surface area contributed by atoms with E-state index < -0.39 is 5.97 Å². The topological polar surface area (TPSA) is 71.9 Å². The van der Waals surface area contributed by atoms with Crippen LogP contribution in [0, 0.1) is 0 Å². The van der Waals surface area contributed by atoms with Crippen molar-refractivity contribution in [2.45, 2.75) is 6.92 Å². The molecule has 1 aromatic carbocycles. The van der Waals surface area contributed by atoms with Gasteiger partial charge >= 0.3 is 5.97 Å². The number of carbonyl (C=O) groups excluding carboxylic acids is 2. The molecule has 0 bridgehead atoms. The summed E-state index contributed by atoms with van der Waals surface area (Å²) in [5.74, 6) is -0.667. The van der Waals surface area contributed by atoms with Crippen LogP contribution in [0.4, 0.5) is 5.69 Å². The van der Waals surface area contributed by atoms with Crippen molar-refractivity contribution in [2.75, 3.05) is 5.01 Å². The molecular weight excluding hydrogens is 294 g/mol. The zero-order chi connectivity index (χ0) is 16.0. The molecule has 6 nitrogen and oxygen atoms in total. The summed E-state index contributed by atoms with van der Waals surface area (Å²) in [5, 5.41) is 5.59. The van der Waals surface area contributed by atoms with Gasteiger partial charge in [-0.05, 0) is 31.2 Å². The first-order valence-corrected chi connectivity index (χ1v) is 7.04. The highest BCUT2D eigenvalue weighted by Gasteiger charge is 2.38. The second-order valence-electron chi connectivity index (χ2n) is 5.13. The highest BCUT2D eigenvalue weighted by atomic mass is 16.5. The number of benzene rings is 1. The van der Waals surface area contributed by atoms with Crippen LogP contribution in [0.2, 0.25) is 0 Å². The minimum atomic E-state index is -0.505. The van der Waals surface area contributed by atoms with E-state index in [4.69, 9.17) is 4.74 Å². The molecule has 0 unspecified atom stereocenters. The van der Waals surface area contributed by atoms with Crippen LogP contribution in [0.5, 0.6) is 0 Å². The Morgan fingerprint density at radius 2 is 1.83 bits per heavy atom. The molecule has 0 radical (unpaired) electrons. The largest absolute Gasteiger partial charge is 0.420 e. The number of para-hydroxylation sites is 1. The molecule has 1 amide bonds. The van der Waals surface area contributed by atoms with Crippen molar-refractivity contribution in [3.63, 3.8) is 0 Å². The number of hydrazone groups is 1. The maximum atomic E-state index is 12.8. The predicted octanol–water partition coefficient (Wildman–Crippen LogP) is 2.39. The van der Waals surface area contributed by atoms with Crippen molar-refractivity contribution in [3.8, 4) is 0 Å². The van der Waals surface area contributed by atoms with E-state index in [9.17, 15) is 9.59 Å². The third kappa shape index (κ3) is 1.96. The molecule has 0 saturated carbocycles. The number of fused-ring (bicyclic) bond motifs is 1. The zero-order valence-corrected chi connectivity index (χ0v) is 12.2. The van der Waals surface area contributed by atoms with Crippen molar-refractivity contribution in [1.82, 2.24) is 4.98 Å². The monoisotopic (exact) mass is 305 g/mol. The van der Waals surface area contributed by atoms with Crippen LogP contribution in [-0.2, 0) is 9.53 Å². The van der Waals surface area contributed by atoms with Crippen molar-refractivity contribution in [1.29, 1.82) is 0 Å². The Hall–Kier alpha value is -3.28. The molecule has 0 aliphatic carbocycles. The first-order valence-electron chi connectivity index (χ1n) is 7.04. The van der Waals surface area contributed by atoms with Gasteiger partial charge in [-0.15, -0.1) is 0 Å². The number of esters is 1. The number of rotatable bonds is 1. The lowest BCUT2D eigenvalue weighted by atomic mass is 10.1. The van der Waals surface area contributed by atoms with E-state index in [1.54, 1.807) is 37.4 Å². The Bertz CT molecular complexity index is 900. The molecule has 0 saturated heterocycles. The summed E-state index contributed by atoms with van der Waals surface area (Å²) in [5.41, 5.74) is 2.14. The zero-order valence-electron chi connectivity index (χ0n) is 12.2. The number of ether oxygens (including phenoxy) is 1. The molecule has 2 aliphatic rings. The minimum absolute atomic E-state index is 0.176. The number of carbonyl (C=O) groups is 2. The molecular formula is C17H11N3O3. The van der Waals surface area contributed by atoms with Crippen LogP contribution in [0.3, 0.4) is 0 Å². The lowest BCUT2D eigenvalue weighted by Gasteiger charge is -2.11. The molecule has 112 valence electrons. The first kappa shape index (κ1) is 13.4. The number of anilines is 1. The normalized spacial score (nSPS) is 19.7. The van der Waals surface area contributed by atoms with Gasteiger partial charge in [0, 0.05) is 6.20 Å². The molecule has 0 atom stereocenters. The molecule has 0 N–H and O–H groups in total. The third-order valence-corrected chi connectivity index (χ3v) is 3.68. The molecule has 6 heteroatoms. The van der Waals surface area contributed by atoms with E-state index in [1.807, 2.05) is 18.2 Å². The fourth-order valence-electron chi connectivity index (χ4n) is 2.63. The smallest absolute Gasteiger partial charge is 0.345 e. The molecule has 2 aliphatic heterocycles. The number of hydrogen-bond acceptors (Lipinski definition) is 5. The van der Waals surface area contributed by atoms with Crippen LogP contribution in [0.15, 0.2) is 59.3 Å². The summed E-state index contributed by atoms with van der Waals surface area (Å²) in [7, 11) is 0. The van der Waals surface area contributed by atoms with E-state index in [1.165, 1.54) is 5.01 Å². The lowest BCUT2D eigenvalue weighted by molar-refractivity contribution is -0.114. The second-order valence-corrected chi connectivity index (χ2v) is 5.13. The van der Waals surface area contributed by atoms with Gasteiger partial charge in [0.05, 0.1) is 17.0 Å². The van der Waals surface area contributed by atoms with Gasteiger partial charge < -0.3 is 4.74 Å². The van der Waals surface area contributed by atoms with Gasteiger partial charge in [-0.3, -0.25) is 9.78 Å². The number of aromatic nitrogens is 1. The van der Waals surface area contributed by atoms with Crippen molar-refractivity contribution in [2.24, 2.45) is 5.10 Å². The highest BCUT2D eigenvalue weighted by molar-refractivity contribution is 6.34. The average molecular weight is 305 g/mol. The molecule has 0 spiro atoms. The minimum Gasteiger partial charge on any atom is -0.420 e. The van der Waals surface area contributed by atoms with Crippen LogP contribution in [-0.4, -0.2) is 22.6 Å². The number of nitrogens with zero attached hydrogens (tertiary/aromatic N) is 3. The maximum Gasteiger partial charge on any atom is 0.345 e. The number of cyclic esters (lactones) is 1. The second kappa shape index (κ2) is 4.88. The average Bonchev–Trinajstić information content (AvgIpc) is 3.06. The van der Waals surface area contributed by atoms with Gasteiger partial charge in [0.25, 0.3) is 5.91 Å². The van der Waals surface area contributed by atoms with Crippen LogP contribution < -0.4 is 5.01 Å². The Morgan fingerprint density at radius 1 is 1.04 bits per heavy atom. The maximum absolute atomic E-state index is 12.8. The Morgan fingerprint density at radius 3 is 2.61 bits per heavy atom. The van der Waals surface area contributed by atoms with Crippen molar-refractivity contribution in [3.05, 3.63) is 65.5 Å². The Balaban J connectivity index is 1.84. The van der Waals surface area contributed by atoms with Crippen LogP contribution in [0.1, 0.15) is 23.0 Å². The summed E-state index contributed by atoms with van der Waals surface area (Å²) in [6.45, 7) is 1.71. The van der Waals surface area contributed by atoms with Crippen LogP contribution >= 0.6 is 0 Å². The number of amides is 1. The van der Waals surface area contributed by atoms with E-state index >= 15 is 0 Å². The summed E-state index contributed by atoms with van der Waals surface area (Å²) in [4.78, 5) is 28.9. The quantitative estimate of drug-likeness (QED) is 0.599. The number of hydrogen-bond donors (Lipinski definition) is 0. The third-order valence-electron chi connectivity index (χ3n) is 3.68. The Kier molecular flexibility index (Phi) is 2.84. The van der Waals surface area contributed by atoms with Gasteiger partial charge in [-0.25, -0.2) is 4.79 Å². The Labute approximate surface area is 131 Å². The van der Waals surface area contributed by atoms with Gasteiger partial charge in [0.2, 0.25) is 0 Å². The molecule has 23 heavy (non-hydrogen) atoms. The first-order chi connectivity index (χ1) is 11.2. The van der Waals surface area contributed by atoms with Gasteiger partial charge in [0.1, 0.15) is 11.3 Å². The molecule has 2 aromatic rings. The molecule has 4 rings (SSSR count). The fraction of sp³-hybridized carbons (Fsp3) is 0.0588. The molecule has 1 aromatic heterocycles. The van der Waals surface area contributed by atoms with Crippen molar-refractivity contribution < 1.29 is 14.3 Å². The van der Waals surface area contributed by atoms with Crippen LogP contribution in [0.25, 0.3) is 5.76 Å². The summed E-state index contributed by atoms with van der Waals surface area (Å²) >= 11 is 0. The van der Waals surface area contributed by atoms with Gasteiger partial charge in [0.15, 0.2) is 5.76 Å². The van der Waals surface area contributed by atoms with Crippen molar-refractivity contribution >= 4 is 29.0 Å². The lowest BCUT2D eigenvalue weighted by Crippen LogP contribution is -2.22.